The maximum absolute atomic E-state index is 14.3. The number of rotatable bonds is 4. The minimum Gasteiger partial charge on any atom is -0.300 e. The van der Waals surface area contributed by atoms with Crippen molar-refractivity contribution < 1.29 is 23.7 Å². The van der Waals surface area contributed by atoms with Gasteiger partial charge in [0.2, 0.25) is 0 Å². The highest BCUT2D eigenvalue weighted by Gasteiger charge is 2.57. The molecule has 5 rings (SSSR count). The van der Waals surface area contributed by atoms with Gasteiger partial charge in [0.25, 0.3) is 23.4 Å². The molecule has 0 N–H and O–H groups in total. The maximum Gasteiger partial charge on any atom is 0.270 e. The molecular formula is C25H18FN3O5. The van der Waals surface area contributed by atoms with Crippen molar-refractivity contribution in [3.05, 3.63) is 104 Å². The van der Waals surface area contributed by atoms with Crippen LogP contribution in [0.1, 0.15) is 43.4 Å². The molecule has 8 nitrogen and oxygen atoms in total. The van der Waals surface area contributed by atoms with Gasteiger partial charge in [-0.15, -0.1) is 0 Å². The molecule has 0 saturated carbocycles. The van der Waals surface area contributed by atoms with Crippen molar-refractivity contribution in [3.8, 4) is 0 Å². The summed E-state index contributed by atoms with van der Waals surface area (Å²) in [7, 11) is 0. The predicted molar refractivity (Wildman–Crippen MR) is 120 cm³/mol. The molecule has 0 aliphatic carbocycles. The highest BCUT2D eigenvalue weighted by atomic mass is 19.1. The Kier molecular flexibility index (Phi) is 4.78. The number of nitrogens with zero attached hydrogens (tertiary/aromatic N) is 3. The molecule has 1 saturated heterocycles. The van der Waals surface area contributed by atoms with Gasteiger partial charge in [-0.25, -0.2) is 4.39 Å². The number of halogens is 1. The van der Waals surface area contributed by atoms with E-state index in [1.54, 1.807) is 31.2 Å². The zero-order valence-electron chi connectivity index (χ0n) is 18.2. The van der Waals surface area contributed by atoms with E-state index in [0.717, 1.165) is 22.6 Å². The van der Waals surface area contributed by atoms with Crippen LogP contribution in [-0.2, 0) is 4.79 Å². The summed E-state index contributed by atoms with van der Waals surface area (Å²) in [6.45, 7) is 3.51. The number of non-ortho nitro benzene ring substituents is 1. The number of anilines is 1. The molecule has 34 heavy (non-hydrogen) atoms. The zero-order chi connectivity index (χ0) is 24.3. The predicted octanol–water partition coefficient (Wildman–Crippen LogP) is 4.10. The number of hydrogen-bond donors (Lipinski definition) is 0. The Bertz CT molecular complexity index is 1400. The number of carbonyl (C=O) groups excluding carboxylic acids is 3. The average molecular weight is 459 g/mol. The molecule has 0 bridgehead atoms. The molecule has 2 heterocycles. The van der Waals surface area contributed by atoms with Gasteiger partial charge in [0.05, 0.1) is 22.1 Å². The molecule has 1 fully saturated rings. The Hall–Kier alpha value is -4.40. The Morgan fingerprint density at radius 1 is 0.824 bits per heavy atom. The minimum atomic E-state index is -1.17. The SMILES string of the molecule is Cc1ccc([C@H]2[C@@H](N3C(=O)c4ccc([N+](=O)[O-])cc4C3=O)C(=O)N2c2ccc(C)c(F)c2)cc1. The summed E-state index contributed by atoms with van der Waals surface area (Å²) in [5.74, 6) is -2.49. The number of nitro groups is 1. The molecule has 3 aromatic rings. The quantitative estimate of drug-likeness (QED) is 0.253. The molecule has 0 aromatic heterocycles. The van der Waals surface area contributed by atoms with Crippen LogP contribution in [0.25, 0.3) is 0 Å². The average Bonchev–Trinajstić information content (AvgIpc) is 3.05. The van der Waals surface area contributed by atoms with Crippen molar-refractivity contribution in [2.45, 2.75) is 25.9 Å². The van der Waals surface area contributed by atoms with Crippen LogP contribution in [0.15, 0.2) is 60.7 Å². The van der Waals surface area contributed by atoms with Crippen molar-refractivity contribution in [1.82, 2.24) is 4.90 Å². The summed E-state index contributed by atoms with van der Waals surface area (Å²) >= 11 is 0. The van der Waals surface area contributed by atoms with E-state index in [4.69, 9.17) is 0 Å². The van der Waals surface area contributed by atoms with Gasteiger partial charge < -0.3 is 4.90 Å². The minimum absolute atomic E-state index is 0.00545. The summed E-state index contributed by atoms with van der Waals surface area (Å²) in [6.07, 6.45) is 0. The van der Waals surface area contributed by atoms with Crippen LogP contribution in [0.2, 0.25) is 0 Å². The van der Waals surface area contributed by atoms with E-state index in [0.29, 0.717) is 16.8 Å². The van der Waals surface area contributed by atoms with Crippen molar-refractivity contribution in [2.24, 2.45) is 0 Å². The number of aryl methyl sites for hydroxylation is 2. The van der Waals surface area contributed by atoms with Crippen molar-refractivity contribution in [3.63, 3.8) is 0 Å². The standard InChI is InChI=1S/C25H18FN3O5/c1-13-3-6-15(7-4-13)21-22(25(32)27(21)16-8-5-14(2)20(26)12-16)28-23(30)18-10-9-17(29(33)34)11-19(18)24(28)31/h3-12,21-22H,1-2H3/t21-,22+/m0/s1. The van der Waals surface area contributed by atoms with E-state index in [-0.39, 0.29) is 16.8 Å². The monoisotopic (exact) mass is 459 g/mol. The second-order valence-corrected chi connectivity index (χ2v) is 8.41. The van der Waals surface area contributed by atoms with E-state index in [1.807, 2.05) is 19.1 Å². The summed E-state index contributed by atoms with van der Waals surface area (Å²) in [5.41, 5.74) is 1.93. The second kappa shape index (κ2) is 7.58. The Morgan fingerprint density at radius 2 is 1.50 bits per heavy atom. The Balaban J connectivity index is 1.58. The lowest BCUT2D eigenvalue weighted by Gasteiger charge is -2.49. The zero-order valence-corrected chi connectivity index (χ0v) is 18.2. The summed E-state index contributed by atoms with van der Waals surface area (Å²) in [5, 5.41) is 11.1. The van der Waals surface area contributed by atoms with Crippen LogP contribution >= 0.6 is 0 Å². The normalized spacial score (nSPS) is 19.3. The smallest absolute Gasteiger partial charge is 0.270 e. The van der Waals surface area contributed by atoms with E-state index in [9.17, 15) is 28.9 Å². The molecule has 0 radical (unpaired) electrons. The summed E-state index contributed by atoms with van der Waals surface area (Å²) in [4.78, 5) is 52.4. The molecule has 3 amide bonds. The number of β-lactam (4-membered cyclic amide) rings is 1. The van der Waals surface area contributed by atoms with Gasteiger partial charge in [-0.2, -0.15) is 0 Å². The number of nitro benzene ring substituents is 1. The number of imide groups is 1. The van der Waals surface area contributed by atoms with Crippen LogP contribution in [0, 0.1) is 29.8 Å². The van der Waals surface area contributed by atoms with E-state index in [2.05, 4.69) is 0 Å². The number of fused-ring (bicyclic) bond motifs is 1. The van der Waals surface area contributed by atoms with Gasteiger partial charge in [0, 0.05) is 17.8 Å². The molecule has 2 atom stereocenters. The molecule has 2 aliphatic heterocycles. The van der Waals surface area contributed by atoms with Crippen LogP contribution in [0.5, 0.6) is 0 Å². The fourth-order valence-electron chi connectivity index (χ4n) is 4.45. The number of hydrogen-bond acceptors (Lipinski definition) is 5. The topological polar surface area (TPSA) is 101 Å². The van der Waals surface area contributed by atoms with Gasteiger partial charge in [-0.3, -0.25) is 29.4 Å². The first-order chi connectivity index (χ1) is 16.2. The third-order valence-electron chi connectivity index (χ3n) is 6.31. The van der Waals surface area contributed by atoms with Gasteiger partial charge in [0.15, 0.2) is 0 Å². The highest BCUT2D eigenvalue weighted by molar-refractivity contribution is 6.25. The first kappa shape index (κ1) is 21.4. The van der Waals surface area contributed by atoms with Gasteiger partial charge in [-0.05, 0) is 43.2 Å². The third-order valence-corrected chi connectivity index (χ3v) is 6.31. The second-order valence-electron chi connectivity index (χ2n) is 8.41. The first-order valence-electron chi connectivity index (χ1n) is 10.5. The van der Waals surface area contributed by atoms with Crippen LogP contribution in [0.3, 0.4) is 0 Å². The molecule has 0 spiro atoms. The molecule has 9 heteroatoms. The van der Waals surface area contributed by atoms with Gasteiger partial charge in [0.1, 0.15) is 11.9 Å². The van der Waals surface area contributed by atoms with Gasteiger partial charge in [-0.1, -0.05) is 35.9 Å². The molecule has 3 aromatic carbocycles. The van der Waals surface area contributed by atoms with Crippen molar-refractivity contribution in [1.29, 1.82) is 0 Å². The highest BCUT2D eigenvalue weighted by Crippen LogP contribution is 2.44. The van der Waals surface area contributed by atoms with Crippen LogP contribution in [0.4, 0.5) is 15.8 Å². The van der Waals surface area contributed by atoms with E-state index >= 15 is 0 Å². The molecule has 2 aliphatic rings. The van der Waals surface area contributed by atoms with Crippen LogP contribution in [-0.4, -0.2) is 33.6 Å². The lowest BCUT2D eigenvalue weighted by molar-refractivity contribution is -0.384. The number of amides is 3. The maximum atomic E-state index is 14.3. The number of carbonyl (C=O) groups is 3. The Morgan fingerprint density at radius 3 is 2.15 bits per heavy atom. The van der Waals surface area contributed by atoms with E-state index in [1.165, 1.54) is 17.0 Å². The first-order valence-corrected chi connectivity index (χ1v) is 10.5. The van der Waals surface area contributed by atoms with Crippen molar-refractivity contribution >= 4 is 29.1 Å². The summed E-state index contributed by atoms with van der Waals surface area (Å²) in [6, 6.07) is 13.2. The molecule has 170 valence electrons. The molecule has 0 unspecified atom stereocenters. The lowest BCUT2D eigenvalue weighted by atomic mass is 9.86. The molecular weight excluding hydrogens is 441 g/mol. The lowest BCUT2D eigenvalue weighted by Crippen LogP contribution is -2.67. The third kappa shape index (κ3) is 3.08. The van der Waals surface area contributed by atoms with Crippen LogP contribution < -0.4 is 4.90 Å². The summed E-state index contributed by atoms with van der Waals surface area (Å²) < 4.78 is 14.3. The fourth-order valence-corrected chi connectivity index (χ4v) is 4.45. The van der Waals surface area contributed by atoms with E-state index < -0.39 is 40.5 Å². The number of benzene rings is 3. The van der Waals surface area contributed by atoms with Gasteiger partial charge >= 0.3 is 0 Å². The van der Waals surface area contributed by atoms with Crippen molar-refractivity contribution in [2.75, 3.05) is 4.90 Å². The Labute approximate surface area is 193 Å². The fraction of sp³-hybridized carbons (Fsp3) is 0.160. The largest absolute Gasteiger partial charge is 0.300 e.